The van der Waals surface area contributed by atoms with Gasteiger partial charge in [-0.25, -0.2) is 0 Å². The maximum Gasteiger partial charge on any atom is 0.124 e. The number of rotatable bonds is 2. The van der Waals surface area contributed by atoms with Crippen molar-refractivity contribution < 1.29 is 5.11 Å². The fourth-order valence-corrected chi connectivity index (χ4v) is 3.74. The minimum Gasteiger partial charge on any atom is -0.507 e. The first-order valence-corrected chi connectivity index (χ1v) is 7.27. The van der Waals surface area contributed by atoms with Crippen molar-refractivity contribution in [3.63, 3.8) is 0 Å². The zero-order valence-corrected chi connectivity index (χ0v) is 10.8. The van der Waals surface area contributed by atoms with Gasteiger partial charge in [-0.3, -0.25) is 0 Å². The molecule has 0 spiro atoms. The van der Waals surface area contributed by atoms with Gasteiger partial charge in [0.15, 0.2) is 0 Å². The van der Waals surface area contributed by atoms with Crippen LogP contribution in [0.1, 0.15) is 5.56 Å². The Kier molecular flexibility index (Phi) is 3.04. The van der Waals surface area contributed by atoms with E-state index in [9.17, 15) is 5.11 Å². The highest BCUT2D eigenvalue weighted by Gasteiger charge is 2.08. The highest BCUT2D eigenvalue weighted by molar-refractivity contribution is 9.08. The number of phenols is 1. The van der Waals surface area contributed by atoms with Gasteiger partial charge in [0, 0.05) is 15.4 Å². The Morgan fingerprint density at radius 1 is 1.50 bits per heavy atom. The van der Waals surface area contributed by atoms with E-state index in [2.05, 4.69) is 22.2 Å². The number of benzene rings is 1. The number of thiophene rings is 1. The maximum atomic E-state index is 9.68. The monoisotopic (exact) mass is 288 g/mol. The zero-order valence-electron chi connectivity index (χ0n) is 7.58. The lowest BCUT2D eigenvalue weighted by Gasteiger charge is -1.99. The number of thioether (sulfide) groups is 1. The summed E-state index contributed by atoms with van der Waals surface area (Å²) in [5.74, 6) is 0.376. The lowest BCUT2D eigenvalue weighted by atomic mass is 10.2. The summed E-state index contributed by atoms with van der Waals surface area (Å²) in [6.07, 6.45) is 2.05. The van der Waals surface area contributed by atoms with Gasteiger partial charge in [-0.1, -0.05) is 22.0 Å². The van der Waals surface area contributed by atoms with Gasteiger partial charge in [0.2, 0.25) is 0 Å². The number of phenolic OH excluding ortho intramolecular Hbond substituents is 1. The van der Waals surface area contributed by atoms with Crippen LogP contribution in [0.3, 0.4) is 0 Å². The maximum absolute atomic E-state index is 9.68. The standard InChI is InChI=1S/C10H9BrOS2/c1-13-9-4-7-8(12)3-2-6(5-11)10(7)14-9/h2-4,12H,5H2,1H3. The summed E-state index contributed by atoms with van der Waals surface area (Å²) in [6.45, 7) is 0. The molecule has 0 bridgehead atoms. The molecule has 2 rings (SSSR count). The molecule has 0 saturated carbocycles. The van der Waals surface area contributed by atoms with Gasteiger partial charge in [-0.15, -0.1) is 23.1 Å². The van der Waals surface area contributed by atoms with Gasteiger partial charge in [-0.2, -0.15) is 0 Å². The highest BCUT2D eigenvalue weighted by atomic mass is 79.9. The second-order valence-corrected chi connectivity index (χ2v) is 5.61. The third-order valence-electron chi connectivity index (χ3n) is 2.06. The van der Waals surface area contributed by atoms with Crippen molar-refractivity contribution in [2.45, 2.75) is 9.54 Å². The van der Waals surface area contributed by atoms with Gasteiger partial charge in [-0.05, 0) is 24.0 Å². The molecule has 0 atom stereocenters. The van der Waals surface area contributed by atoms with Crippen LogP contribution in [0.5, 0.6) is 5.75 Å². The number of fused-ring (bicyclic) bond motifs is 1. The summed E-state index contributed by atoms with van der Waals surface area (Å²) in [6, 6.07) is 5.77. The summed E-state index contributed by atoms with van der Waals surface area (Å²) >= 11 is 6.90. The lowest BCUT2D eigenvalue weighted by Crippen LogP contribution is -1.76. The van der Waals surface area contributed by atoms with E-state index in [1.165, 1.54) is 14.5 Å². The first kappa shape index (κ1) is 10.3. The number of halogens is 1. The minimum atomic E-state index is 0.376. The van der Waals surface area contributed by atoms with Gasteiger partial charge < -0.3 is 5.11 Å². The topological polar surface area (TPSA) is 20.2 Å². The van der Waals surface area contributed by atoms with Crippen LogP contribution in [-0.4, -0.2) is 11.4 Å². The van der Waals surface area contributed by atoms with E-state index in [-0.39, 0.29) is 0 Å². The van der Waals surface area contributed by atoms with Crippen LogP contribution in [0.15, 0.2) is 22.4 Å². The van der Waals surface area contributed by atoms with Crippen molar-refractivity contribution in [2.75, 3.05) is 6.26 Å². The van der Waals surface area contributed by atoms with Crippen LogP contribution in [-0.2, 0) is 5.33 Å². The highest BCUT2D eigenvalue weighted by Crippen LogP contribution is 2.38. The first-order valence-electron chi connectivity index (χ1n) is 4.10. The molecule has 0 aliphatic carbocycles. The third-order valence-corrected chi connectivity index (χ3v) is 4.94. The first-order chi connectivity index (χ1) is 6.76. The molecule has 1 aromatic carbocycles. The quantitative estimate of drug-likeness (QED) is 0.659. The molecule has 0 aliphatic heterocycles. The molecule has 0 saturated heterocycles. The lowest BCUT2D eigenvalue weighted by molar-refractivity contribution is 0.481. The van der Waals surface area contributed by atoms with Crippen LogP contribution in [0.2, 0.25) is 0 Å². The molecule has 0 amide bonds. The summed E-state index contributed by atoms with van der Waals surface area (Å²) in [5.41, 5.74) is 1.24. The molecule has 2 aromatic rings. The van der Waals surface area contributed by atoms with Crippen LogP contribution in [0, 0.1) is 0 Å². The second kappa shape index (κ2) is 4.13. The summed E-state index contributed by atoms with van der Waals surface area (Å²) in [5, 5.41) is 11.5. The Labute approximate surface area is 99.3 Å². The molecule has 0 unspecified atom stereocenters. The SMILES string of the molecule is CSc1cc2c(O)ccc(CBr)c2s1. The van der Waals surface area contributed by atoms with E-state index < -0.39 is 0 Å². The average molecular weight is 289 g/mol. The van der Waals surface area contributed by atoms with Crippen molar-refractivity contribution >= 4 is 49.1 Å². The third kappa shape index (κ3) is 1.66. The molecule has 14 heavy (non-hydrogen) atoms. The number of alkyl halides is 1. The molecule has 0 fully saturated rings. The van der Waals surface area contributed by atoms with E-state index in [4.69, 9.17) is 0 Å². The fourth-order valence-electron chi connectivity index (χ4n) is 1.35. The molecule has 0 aliphatic rings. The molecule has 1 N–H and O–H groups in total. The Balaban J connectivity index is 2.74. The molecule has 1 heterocycles. The van der Waals surface area contributed by atoms with Crippen molar-refractivity contribution in [1.82, 2.24) is 0 Å². The van der Waals surface area contributed by atoms with Gasteiger partial charge in [0.25, 0.3) is 0 Å². The molecular formula is C10H9BrOS2. The summed E-state index contributed by atoms with van der Waals surface area (Å²) in [7, 11) is 0. The number of hydrogen-bond donors (Lipinski definition) is 1. The largest absolute Gasteiger partial charge is 0.507 e. The smallest absolute Gasteiger partial charge is 0.124 e. The van der Waals surface area contributed by atoms with Crippen LogP contribution >= 0.6 is 39.0 Å². The van der Waals surface area contributed by atoms with Crippen LogP contribution in [0.25, 0.3) is 10.1 Å². The molecule has 1 aromatic heterocycles. The van der Waals surface area contributed by atoms with E-state index in [0.717, 1.165) is 10.7 Å². The van der Waals surface area contributed by atoms with Crippen molar-refractivity contribution in [3.05, 3.63) is 23.8 Å². The van der Waals surface area contributed by atoms with E-state index in [1.54, 1.807) is 29.2 Å². The van der Waals surface area contributed by atoms with Crippen molar-refractivity contribution in [2.24, 2.45) is 0 Å². The predicted molar refractivity (Wildman–Crippen MR) is 67.9 cm³/mol. The van der Waals surface area contributed by atoms with E-state index in [1.807, 2.05) is 12.1 Å². The normalized spacial score (nSPS) is 11.0. The van der Waals surface area contributed by atoms with Crippen LogP contribution in [0.4, 0.5) is 0 Å². The minimum absolute atomic E-state index is 0.376. The Hall–Kier alpha value is -0.190. The second-order valence-electron chi connectivity index (χ2n) is 2.89. The summed E-state index contributed by atoms with van der Waals surface area (Å²) < 4.78 is 2.43. The van der Waals surface area contributed by atoms with Crippen LogP contribution < -0.4 is 0 Å². The molecular weight excluding hydrogens is 280 g/mol. The number of hydrogen-bond acceptors (Lipinski definition) is 3. The van der Waals surface area contributed by atoms with Gasteiger partial charge in [0.1, 0.15) is 5.75 Å². The molecule has 1 nitrogen and oxygen atoms in total. The zero-order chi connectivity index (χ0) is 10.1. The van der Waals surface area contributed by atoms with Gasteiger partial charge in [0.05, 0.1) is 4.21 Å². The Bertz CT molecular complexity index is 464. The fraction of sp³-hybridized carbons (Fsp3) is 0.200. The van der Waals surface area contributed by atoms with E-state index in [0.29, 0.717) is 5.75 Å². The molecule has 0 radical (unpaired) electrons. The Morgan fingerprint density at radius 3 is 2.93 bits per heavy atom. The Morgan fingerprint density at radius 2 is 2.29 bits per heavy atom. The average Bonchev–Trinajstić information content (AvgIpc) is 2.63. The van der Waals surface area contributed by atoms with Gasteiger partial charge >= 0.3 is 0 Å². The number of aromatic hydroxyl groups is 1. The predicted octanol–water partition coefficient (Wildman–Crippen LogP) is 4.22. The molecule has 74 valence electrons. The van der Waals surface area contributed by atoms with E-state index >= 15 is 0 Å². The molecule has 4 heteroatoms. The van der Waals surface area contributed by atoms with Crippen molar-refractivity contribution in [1.29, 1.82) is 0 Å². The van der Waals surface area contributed by atoms with Crippen molar-refractivity contribution in [3.8, 4) is 5.75 Å². The summed E-state index contributed by atoms with van der Waals surface area (Å²) in [4.78, 5) is 0.